The summed E-state index contributed by atoms with van der Waals surface area (Å²) in [6.07, 6.45) is 0.199. The molecule has 1 aliphatic rings. The van der Waals surface area contributed by atoms with Gasteiger partial charge in [-0.2, -0.15) is 8.78 Å². The quantitative estimate of drug-likeness (QED) is 0.923. The molecule has 1 aliphatic heterocycles. The van der Waals surface area contributed by atoms with E-state index >= 15 is 0 Å². The molecule has 1 N–H and O–H groups in total. The number of nitrogens with one attached hydrogen (secondary N) is 1. The number of alkyl halides is 2. The summed E-state index contributed by atoms with van der Waals surface area (Å²) in [5.74, 6) is 0.0897. The first kappa shape index (κ1) is 17.7. The minimum absolute atomic E-state index is 0. The molecule has 1 amide bonds. The largest absolute Gasteiger partial charge is 0.435 e. The highest BCUT2D eigenvalue weighted by atomic mass is 35.5. The van der Waals surface area contributed by atoms with E-state index < -0.39 is 6.61 Å². The molecule has 1 fully saturated rings. The number of benzene rings is 1. The molecule has 1 saturated heterocycles. The molecule has 1 aromatic carbocycles. The molecule has 1 heterocycles. The molecule has 0 saturated carbocycles. The van der Waals surface area contributed by atoms with Crippen LogP contribution in [0.3, 0.4) is 0 Å². The second-order valence-corrected chi connectivity index (χ2v) is 4.84. The number of hydrogen-bond donors (Lipinski definition) is 1. The van der Waals surface area contributed by atoms with Crippen molar-refractivity contribution in [2.24, 2.45) is 0 Å². The number of amides is 1. The molecule has 118 valence electrons. The van der Waals surface area contributed by atoms with Gasteiger partial charge in [-0.25, -0.2) is 0 Å². The van der Waals surface area contributed by atoms with Crippen LogP contribution in [0, 0.1) is 0 Å². The lowest BCUT2D eigenvalue weighted by atomic mass is 10.1. The highest BCUT2D eigenvalue weighted by Gasteiger charge is 2.22. The van der Waals surface area contributed by atoms with E-state index in [1.807, 2.05) is 11.8 Å². The van der Waals surface area contributed by atoms with Crippen molar-refractivity contribution in [1.82, 2.24) is 10.2 Å². The van der Waals surface area contributed by atoms with Crippen LogP contribution in [-0.2, 0) is 11.2 Å². The second-order valence-electron chi connectivity index (χ2n) is 4.84. The first-order chi connectivity index (χ1) is 9.56. The van der Waals surface area contributed by atoms with Crippen LogP contribution in [-0.4, -0.2) is 43.1 Å². The van der Waals surface area contributed by atoms with Crippen LogP contribution in [0.4, 0.5) is 8.78 Å². The van der Waals surface area contributed by atoms with Crippen LogP contribution >= 0.6 is 12.4 Å². The van der Waals surface area contributed by atoms with Gasteiger partial charge in [0.15, 0.2) is 0 Å². The van der Waals surface area contributed by atoms with Crippen molar-refractivity contribution >= 4 is 18.3 Å². The first-order valence-electron chi connectivity index (χ1n) is 6.60. The molecule has 0 unspecified atom stereocenters. The normalized spacial score (nSPS) is 18.3. The Kier molecular flexibility index (Phi) is 6.84. The SMILES string of the molecule is C[C@H]1CNCCN1C(=O)Cc1cccc(OC(F)F)c1.Cl. The summed E-state index contributed by atoms with van der Waals surface area (Å²) < 4.78 is 28.6. The summed E-state index contributed by atoms with van der Waals surface area (Å²) >= 11 is 0. The molecule has 0 spiro atoms. The summed E-state index contributed by atoms with van der Waals surface area (Å²) in [5.41, 5.74) is 0.680. The van der Waals surface area contributed by atoms with Crippen LogP contribution < -0.4 is 10.1 Å². The smallest absolute Gasteiger partial charge is 0.387 e. The molecule has 7 heteroatoms. The van der Waals surface area contributed by atoms with E-state index in [0.717, 1.165) is 13.1 Å². The minimum Gasteiger partial charge on any atom is -0.435 e. The maximum atomic E-state index is 12.2. The van der Waals surface area contributed by atoms with E-state index in [-0.39, 0.29) is 36.5 Å². The van der Waals surface area contributed by atoms with Crippen molar-refractivity contribution in [2.45, 2.75) is 26.0 Å². The Morgan fingerprint density at radius 2 is 2.29 bits per heavy atom. The number of nitrogens with zero attached hydrogens (tertiary/aromatic N) is 1. The predicted molar refractivity (Wildman–Crippen MR) is 78.1 cm³/mol. The Morgan fingerprint density at radius 1 is 1.52 bits per heavy atom. The third-order valence-electron chi connectivity index (χ3n) is 3.30. The van der Waals surface area contributed by atoms with Crippen molar-refractivity contribution in [1.29, 1.82) is 0 Å². The van der Waals surface area contributed by atoms with Gasteiger partial charge >= 0.3 is 6.61 Å². The Bertz CT molecular complexity index is 474. The predicted octanol–water partition coefficient (Wildman–Crippen LogP) is 2.07. The Labute approximate surface area is 128 Å². The van der Waals surface area contributed by atoms with Gasteiger partial charge in [0, 0.05) is 25.7 Å². The topological polar surface area (TPSA) is 41.6 Å². The monoisotopic (exact) mass is 320 g/mol. The second kappa shape index (κ2) is 8.14. The maximum absolute atomic E-state index is 12.2. The van der Waals surface area contributed by atoms with Gasteiger partial charge < -0.3 is 15.0 Å². The number of ether oxygens (including phenoxy) is 1. The molecule has 0 bridgehead atoms. The van der Waals surface area contributed by atoms with Crippen molar-refractivity contribution in [3.05, 3.63) is 29.8 Å². The molecule has 0 aromatic heterocycles. The standard InChI is InChI=1S/C14H18F2N2O2.ClH/c1-10-9-17-5-6-18(10)13(19)8-11-3-2-4-12(7-11)20-14(15)16;/h2-4,7,10,14,17H,5-6,8-9H2,1H3;1H/t10-;/m0./s1. The summed E-state index contributed by atoms with van der Waals surface area (Å²) in [4.78, 5) is 14.0. The Hall–Kier alpha value is -1.40. The van der Waals surface area contributed by atoms with Gasteiger partial charge in [0.05, 0.1) is 6.42 Å². The average molecular weight is 321 g/mol. The third-order valence-corrected chi connectivity index (χ3v) is 3.30. The lowest BCUT2D eigenvalue weighted by Gasteiger charge is -2.34. The van der Waals surface area contributed by atoms with E-state index in [9.17, 15) is 13.6 Å². The molecule has 0 radical (unpaired) electrons. The number of halogens is 3. The van der Waals surface area contributed by atoms with E-state index in [4.69, 9.17) is 0 Å². The lowest BCUT2D eigenvalue weighted by molar-refractivity contribution is -0.133. The van der Waals surface area contributed by atoms with Crippen molar-refractivity contribution in [2.75, 3.05) is 19.6 Å². The zero-order valence-electron chi connectivity index (χ0n) is 11.7. The van der Waals surface area contributed by atoms with Crippen molar-refractivity contribution < 1.29 is 18.3 Å². The molecule has 2 rings (SSSR count). The lowest BCUT2D eigenvalue weighted by Crippen LogP contribution is -2.52. The summed E-state index contributed by atoms with van der Waals surface area (Å²) in [6.45, 7) is 1.37. The van der Waals surface area contributed by atoms with Crippen molar-refractivity contribution in [3.8, 4) is 5.75 Å². The number of hydrogen-bond acceptors (Lipinski definition) is 3. The number of piperazine rings is 1. The van der Waals surface area contributed by atoms with Gasteiger partial charge in [0.2, 0.25) is 5.91 Å². The maximum Gasteiger partial charge on any atom is 0.387 e. The first-order valence-corrected chi connectivity index (χ1v) is 6.60. The molecule has 21 heavy (non-hydrogen) atoms. The Morgan fingerprint density at radius 3 is 2.95 bits per heavy atom. The van der Waals surface area contributed by atoms with Crippen LogP contribution in [0.2, 0.25) is 0 Å². The van der Waals surface area contributed by atoms with Crippen molar-refractivity contribution in [3.63, 3.8) is 0 Å². The van der Waals surface area contributed by atoms with Gasteiger partial charge in [0.25, 0.3) is 0 Å². The summed E-state index contributed by atoms with van der Waals surface area (Å²) in [6, 6.07) is 6.44. The molecule has 0 aliphatic carbocycles. The highest BCUT2D eigenvalue weighted by Crippen LogP contribution is 2.17. The zero-order valence-corrected chi connectivity index (χ0v) is 12.5. The fourth-order valence-corrected chi connectivity index (χ4v) is 2.32. The average Bonchev–Trinajstić information content (AvgIpc) is 2.38. The summed E-state index contributed by atoms with van der Waals surface area (Å²) in [5, 5.41) is 3.22. The van der Waals surface area contributed by atoms with E-state index in [1.54, 1.807) is 12.1 Å². The van der Waals surface area contributed by atoms with Gasteiger partial charge in [-0.05, 0) is 24.6 Å². The summed E-state index contributed by atoms with van der Waals surface area (Å²) in [7, 11) is 0. The van der Waals surface area contributed by atoms with Crippen LogP contribution in [0.25, 0.3) is 0 Å². The molecule has 1 atom stereocenters. The van der Waals surface area contributed by atoms with Gasteiger partial charge in [-0.1, -0.05) is 12.1 Å². The van der Waals surface area contributed by atoms with Crippen LogP contribution in [0.15, 0.2) is 24.3 Å². The van der Waals surface area contributed by atoms with Gasteiger partial charge in [-0.15, -0.1) is 12.4 Å². The van der Waals surface area contributed by atoms with E-state index in [0.29, 0.717) is 12.1 Å². The van der Waals surface area contributed by atoms with Gasteiger partial charge in [-0.3, -0.25) is 4.79 Å². The molecule has 1 aromatic rings. The van der Waals surface area contributed by atoms with E-state index in [2.05, 4.69) is 10.1 Å². The molecular weight excluding hydrogens is 302 g/mol. The number of carbonyl (C=O) groups excluding carboxylic acids is 1. The highest BCUT2D eigenvalue weighted by molar-refractivity contribution is 5.85. The van der Waals surface area contributed by atoms with Crippen LogP contribution in [0.5, 0.6) is 5.75 Å². The Balaban J connectivity index is 0.00000220. The zero-order chi connectivity index (χ0) is 14.5. The minimum atomic E-state index is -2.85. The number of rotatable bonds is 4. The fraction of sp³-hybridized carbons (Fsp3) is 0.500. The van der Waals surface area contributed by atoms with Gasteiger partial charge in [0.1, 0.15) is 5.75 Å². The molecular formula is C14H19ClF2N2O2. The third kappa shape index (κ3) is 5.13. The molecule has 4 nitrogen and oxygen atoms in total. The van der Waals surface area contributed by atoms with E-state index in [1.165, 1.54) is 12.1 Å². The number of carbonyl (C=O) groups is 1. The van der Waals surface area contributed by atoms with Crippen LogP contribution in [0.1, 0.15) is 12.5 Å². The fourth-order valence-electron chi connectivity index (χ4n) is 2.32.